The summed E-state index contributed by atoms with van der Waals surface area (Å²) in [6.07, 6.45) is 0.914. The minimum absolute atomic E-state index is 0.116. The highest BCUT2D eigenvalue weighted by molar-refractivity contribution is 6.32. The van der Waals surface area contributed by atoms with Crippen molar-refractivity contribution < 1.29 is 9.90 Å². The van der Waals surface area contributed by atoms with E-state index < -0.39 is 0 Å². The molecular formula is C15H18ClN3O2. The van der Waals surface area contributed by atoms with Crippen molar-refractivity contribution in [3.05, 3.63) is 28.8 Å². The summed E-state index contributed by atoms with van der Waals surface area (Å²) in [6.45, 7) is 3.56. The summed E-state index contributed by atoms with van der Waals surface area (Å²) < 4.78 is 0. The van der Waals surface area contributed by atoms with Gasteiger partial charge in [0.15, 0.2) is 0 Å². The third kappa shape index (κ3) is 3.73. The van der Waals surface area contributed by atoms with Gasteiger partial charge < -0.3 is 10.4 Å². The van der Waals surface area contributed by atoms with Crippen LogP contribution in [0, 0.1) is 17.2 Å². The van der Waals surface area contributed by atoms with Crippen molar-refractivity contribution in [3.8, 4) is 6.07 Å². The van der Waals surface area contributed by atoms with Gasteiger partial charge in [0.2, 0.25) is 5.91 Å². The molecule has 1 aliphatic heterocycles. The van der Waals surface area contributed by atoms with Gasteiger partial charge in [-0.15, -0.1) is 0 Å². The average molecular weight is 308 g/mol. The summed E-state index contributed by atoms with van der Waals surface area (Å²) in [5.74, 6) is 0.138. The number of carbonyl (C=O) groups excluding carboxylic acids is 1. The molecule has 6 heteroatoms. The molecule has 1 amide bonds. The van der Waals surface area contributed by atoms with Gasteiger partial charge in [-0.05, 0) is 44.0 Å². The van der Waals surface area contributed by atoms with E-state index in [1.807, 2.05) is 13.0 Å². The van der Waals surface area contributed by atoms with Gasteiger partial charge in [-0.3, -0.25) is 9.69 Å². The number of nitrogens with zero attached hydrogens (tertiary/aromatic N) is 2. The molecule has 1 fully saturated rings. The standard InChI is InChI=1S/C15H18ClN3O2/c1-10(19-5-4-11(8-19)9-20)15(21)18-13-3-2-12(7-17)14(16)6-13/h2-3,6,10-11,20H,4-5,8-9H2,1H3,(H,18,21). The summed E-state index contributed by atoms with van der Waals surface area (Å²) in [5.41, 5.74) is 0.960. The van der Waals surface area contributed by atoms with E-state index in [0.29, 0.717) is 16.3 Å². The Morgan fingerprint density at radius 1 is 1.67 bits per heavy atom. The Bertz CT molecular complexity index is 571. The summed E-state index contributed by atoms with van der Waals surface area (Å²) in [5, 5.41) is 21.1. The van der Waals surface area contributed by atoms with Crippen LogP contribution in [-0.2, 0) is 4.79 Å². The number of aliphatic hydroxyl groups is 1. The number of anilines is 1. The minimum atomic E-state index is -0.268. The molecule has 0 aromatic heterocycles. The molecule has 1 saturated heterocycles. The zero-order chi connectivity index (χ0) is 15.4. The Hall–Kier alpha value is -1.61. The topological polar surface area (TPSA) is 76.4 Å². The number of rotatable bonds is 4. The molecule has 1 aliphatic rings. The van der Waals surface area contributed by atoms with Crippen LogP contribution in [0.1, 0.15) is 18.9 Å². The predicted molar refractivity (Wildman–Crippen MR) is 81.0 cm³/mol. The summed E-state index contributed by atoms with van der Waals surface area (Å²) in [4.78, 5) is 14.3. The van der Waals surface area contributed by atoms with Crippen molar-refractivity contribution in [2.24, 2.45) is 5.92 Å². The van der Waals surface area contributed by atoms with Gasteiger partial charge in [0.05, 0.1) is 16.6 Å². The van der Waals surface area contributed by atoms with E-state index in [1.165, 1.54) is 0 Å². The predicted octanol–water partition coefficient (Wildman–Crippen LogP) is 1.85. The number of likely N-dealkylation sites (tertiary alicyclic amines) is 1. The highest BCUT2D eigenvalue weighted by atomic mass is 35.5. The molecule has 1 aromatic rings. The number of halogens is 1. The van der Waals surface area contributed by atoms with Crippen LogP contribution in [0.5, 0.6) is 0 Å². The lowest BCUT2D eigenvalue weighted by Gasteiger charge is -2.23. The van der Waals surface area contributed by atoms with Gasteiger partial charge in [0, 0.05) is 18.8 Å². The maximum atomic E-state index is 12.2. The molecule has 2 unspecified atom stereocenters. The van der Waals surface area contributed by atoms with Gasteiger partial charge in [-0.25, -0.2) is 0 Å². The maximum Gasteiger partial charge on any atom is 0.241 e. The van der Waals surface area contributed by atoms with Gasteiger partial charge in [-0.2, -0.15) is 5.26 Å². The molecule has 1 aromatic carbocycles. The van der Waals surface area contributed by atoms with E-state index in [2.05, 4.69) is 10.2 Å². The van der Waals surface area contributed by atoms with E-state index in [-0.39, 0.29) is 24.5 Å². The van der Waals surface area contributed by atoms with Gasteiger partial charge in [0.1, 0.15) is 6.07 Å². The second-order valence-corrected chi connectivity index (χ2v) is 5.71. The van der Waals surface area contributed by atoms with Gasteiger partial charge in [-0.1, -0.05) is 11.6 Å². The van der Waals surface area contributed by atoms with Crippen LogP contribution < -0.4 is 5.32 Å². The molecule has 2 N–H and O–H groups in total. The Balaban J connectivity index is 1.98. The fourth-order valence-corrected chi connectivity index (χ4v) is 2.68. The van der Waals surface area contributed by atoms with Crippen LogP contribution in [-0.4, -0.2) is 41.7 Å². The van der Waals surface area contributed by atoms with Crippen molar-refractivity contribution in [1.82, 2.24) is 4.90 Å². The van der Waals surface area contributed by atoms with E-state index >= 15 is 0 Å². The molecule has 0 spiro atoms. The first-order valence-corrected chi connectivity index (χ1v) is 7.28. The molecule has 21 heavy (non-hydrogen) atoms. The molecule has 2 rings (SSSR count). The molecule has 1 heterocycles. The minimum Gasteiger partial charge on any atom is -0.396 e. The van der Waals surface area contributed by atoms with Crippen LogP contribution in [0.25, 0.3) is 0 Å². The maximum absolute atomic E-state index is 12.2. The van der Waals surface area contributed by atoms with Crippen molar-refractivity contribution in [2.75, 3.05) is 25.0 Å². The Morgan fingerprint density at radius 2 is 2.43 bits per heavy atom. The highest BCUT2D eigenvalue weighted by Crippen LogP contribution is 2.22. The third-order valence-electron chi connectivity index (χ3n) is 3.86. The number of nitrogens with one attached hydrogen (secondary N) is 1. The van der Waals surface area contributed by atoms with E-state index in [4.69, 9.17) is 22.0 Å². The van der Waals surface area contributed by atoms with Crippen LogP contribution in [0.2, 0.25) is 5.02 Å². The lowest BCUT2D eigenvalue weighted by molar-refractivity contribution is -0.120. The van der Waals surface area contributed by atoms with Gasteiger partial charge >= 0.3 is 0 Å². The fourth-order valence-electron chi connectivity index (χ4n) is 2.46. The van der Waals surface area contributed by atoms with Crippen LogP contribution >= 0.6 is 11.6 Å². The smallest absolute Gasteiger partial charge is 0.241 e. The molecule has 112 valence electrons. The number of amides is 1. The first kappa shape index (κ1) is 15.8. The molecule has 0 radical (unpaired) electrons. The first-order chi connectivity index (χ1) is 10.0. The summed E-state index contributed by atoms with van der Waals surface area (Å²) >= 11 is 5.95. The average Bonchev–Trinajstić information content (AvgIpc) is 2.95. The third-order valence-corrected chi connectivity index (χ3v) is 4.17. The number of hydrogen-bond donors (Lipinski definition) is 2. The summed E-state index contributed by atoms with van der Waals surface area (Å²) in [7, 11) is 0. The molecule has 0 bridgehead atoms. The fraction of sp³-hybridized carbons (Fsp3) is 0.467. The number of benzene rings is 1. The van der Waals surface area contributed by atoms with E-state index in [1.54, 1.807) is 18.2 Å². The monoisotopic (exact) mass is 307 g/mol. The number of aliphatic hydroxyl groups excluding tert-OH is 1. The largest absolute Gasteiger partial charge is 0.396 e. The Labute approximate surface area is 129 Å². The zero-order valence-corrected chi connectivity index (χ0v) is 12.6. The second kappa shape index (κ2) is 6.90. The Kier molecular flexibility index (Phi) is 5.18. The molecule has 0 saturated carbocycles. The van der Waals surface area contributed by atoms with Gasteiger partial charge in [0.25, 0.3) is 0 Å². The van der Waals surface area contributed by atoms with Crippen molar-refractivity contribution in [3.63, 3.8) is 0 Å². The lowest BCUT2D eigenvalue weighted by atomic mass is 10.1. The molecule has 0 aliphatic carbocycles. The summed E-state index contributed by atoms with van der Waals surface area (Å²) in [6, 6.07) is 6.53. The van der Waals surface area contributed by atoms with E-state index in [9.17, 15) is 4.79 Å². The first-order valence-electron chi connectivity index (χ1n) is 6.90. The normalized spacial score (nSPS) is 20.0. The van der Waals surface area contributed by atoms with E-state index in [0.717, 1.165) is 19.5 Å². The van der Waals surface area contributed by atoms with Crippen LogP contribution in [0.15, 0.2) is 18.2 Å². The molecule has 5 nitrogen and oxygen atoms in total. The zero-order valence-electron chi connectivity index (χ0n) is 11.8. The highest BCUT2D eigenvalue weighted by Gasteiger charge is 2.29. The van der Waals surface area contributed by atoms with Crippen molar-refractivity contribution in [1.29, 1.82) is 5.26 Å². The SMILES string of the molecule is CC(C(=O)Nc1ccc(C#N)c(Cl)c1)N1CCC(CO)C1. The second-order valence-electron chi connectivity index (χ2n) is 5.30. The Morgan fingerprint density at radius 3 is 3.00 bits per heavy atom. The number of nitriles is 1. The van der Waals surface area contributed by atoms with Crippen molar-refractivity contribution in [2.45, 2.75) is 19.4 Å². The molecular weight excluding hydrogens is 290 g/mol. The number of carbonyl (C=O) groups is 1. The lowest BCUT2D eigenvalue weighted by Crippen LogP contribution is -2.40. The van der Waals surface area contributed by atoms with Crippen LogP contribution in [0.3, 0.4) is 0 Å². The molecule has 2 atom stereocenters. The number of hydrogen-bond acceptors (Lipinski definition) is 4. The quantitative estimate of drug-likeness (QED) is 0.890. The van der Waals surface area contributed by atoms with Crippen molar-refractivity contribution >= 4 is 23.2 Å². The van der Waals surface area contributed by atoms with Crippen LogP contribution in [0.4, 0.5) is 5.69 Å².